The van der Waals surface area contributed by atoms with Crippen LogP contribution in [-0.2, 0) is 30.3 Å². The summed E-state index contributed by atoms with van der Waals surface area (Å²) in [5, 5.41) is 12.2. The number of allylic oxidation sites excluding steroid dienone is 2. The van der Waals surface area contributed by atoms with Crippen LogP contribution in [0.3, 0.4) is 0 Å². The van der Waals surface area contributed by atoms with Gasteiger partial charge in [0.2, 0.25) is 0 Å². The Kier molecular flexibility index (Phi) is 11.8. The Hall–Kier alpha value is -2.75. The number of hydrogen-bond donors (Lipinski definition) is 1. The first-order valence-corrected chi connectivity index (χ1v) is 16.3. The van der Waals surface area contributed by atoms with Crippen molar-refractivity contribution in [1.82, 2.24) is 4.98 Å². The van der Waals surface area contributed by atoms with Crippen LogP contribution in [0.4, 0.5) is 0 Å². The van der Waals surface area contributed by atoms with Crippen molar-refractivity contribution in [3.8, 4) is 11.3 Å². The first-order chi connectivity index (χ1) is 20.4. The molecule has 5 heteroatoms. The fourth-order valence-electron chi connectivity index (χ4n) is 6.58. The van der Waals surface area contributed by atoms with Crippen molar-refractivity contribution in [3.63, 3.8) is 0 Å². The molecule has 1 radical (unpaired) electrons. The van der Waals surface area contributed by atoms with Gasteiger partial charge in [-0.1, -0.05) is 110 Å². The molecular formula is C39H50IrNO3-. The number of furan rings is 1. The summed E-state index contributed by atoms with van der Waals surface area (Å²) in [5.41, 5.74) is 9.01. The number of nitrogens with zero attached hydrogens (tertiary/aromatic N) is 1. The molecule has 0 aliphatic heterocycles. The summed E-state index contributed by atoms with van der Waals surface area (Å²) in [5.74, 6) is 1.32. The van der Waals surface area contributed by atoms with Crippen molar-refractivity contribution in [1.29, 1.82) is 0 Å². The van der Waals surface area contributed by atoms with E-state index in [9.17, 15) is 9.90 Å². The fourth-order valence-corrected chi connectivity index (χ4v) is 6.58. The molecule has 0 spiro atoms. The molecule has 2 heterocycles. The Morgan fingerprint density at radius 3 is 2.05 bits per heavy atom. The molecule has 2 aromatic carbocycles. The van der Waals surface area contributed by atoms with Gasteiger partial charge in [-0.25, -0.2) is 0 Å². The van der Waals surface area contributed by atoms with Crippen LogP contribution in [0.5, 0.6) is 0 Å². The first-order valence-electron chi connectivity index (χ1n) is 16.3. The van der Waals surface area contributed by atoms with Crippen molar-refractivity contribution in [2.24, 2.45) is 11.8 Å². The Morgan fingerprint density at radius 2 is 1.48 bits per heavy atom. The molecule has 4 nitrogen and oxygen atoms in total. The summed E-state index contributed by atoms with van der Waals surface area (Å²) in [6.45, 7) is 21.6. The number of carbonyl (C=O) groups excluding carboxylic acids is 1. The third-order valence-corrected chi connectivity index (χ3v) is 9.47. The SMILES string of the molecule is CC(C)c1c[c-]c2c3c1oc1c(C(C)C)ccc(c13)C(C)(C)c1cccnc1-2.CCC(CC)C(=O)/C=C(\O)C(CC)CC.[Ir]. The van der Waals surface area contributed by atoms with E-state index >= 15 is 0 Å². The third kappa shape index (κ3) is 6.46. The predicted octanol–water partition coefficient (Wildman–Crippen LogP) is 11.2. The molecule has 0 saturated carbocycles. The molecule has 0 unspecified atom stereocenters. The van der Waals surface area contributed by atoms with Crippen molar-refractivity contribution in [3.05, 3.63) is 76.7 Å². The van der Waals surface area contributed by atoms with E-state index in [0.29, 0.717) is 11.8 Å². The molecule has 44 heavy (non-hydrogen) atoms. The molecule has 0 atom stereocenters. The van der Waals surface area contributed by atoms with Crippen molar-refractivity contribution in [2.75, 3.05) is 0 Å². The van der Waals surface area contributed by atoms with Gasteiger partial charge in [0.1, 0.15) is 5.58 Å². The number of pyridine rings is 1. The maximum absolute atomic E-state index is 11.7. The minimum atomic E-state index is -0.168. The maximum Gasteiger partial charge on any atom is 0.162 e. The summed E-state index contributed by atoms with van der Waals surface area (Å²) >= 11 is 0. The summed E-state index contributed by atoms with van der Waals surface area (Å²) in [4.78, 5) is 16.5. The maximum atomic E-state index is 11.7. The zero-order valence-electron chi connectivity index (χ0n) is 28.2. The van der Waals surface area contributed by atoms with E-state index in [-0.39, 0.29) is 48.9 Å². The van der Waals surface area contributed by atoms with Crippen LogP contribution >= 0.6 is 0 Å². The van der Waals surface area contributed by atoms with Gasteiger partial charge in [-0.05, 0) is 59.9 Å². The van der Waals surface area contributed by atoms with Crippen LogP contribution in [0.25, 0.3) is 33.2 Å². The van der Waals surface area contributed by atoms with Crippen molar-refractivity contribution in [2.45, 2.75) is 112 Å². The van der Waals surface area contributed by atoms with Crippen LogP contribution in [0.2, 0.25) is 0 Å². The zero-order valence-corrected chi connectivity index (χ0v) is 30.6. The monoisotopic (exact) mass is 773 g/mol. The zero-order chi connectivity index (χ0) is 31.6. The van der Waals surface area contributed by atoms with Gasteiger partial charge in [0.15, 0.2) is 5.78 Å². The second-order valence-electron chi connectivity index (χ2n) is 13.2. The number of aliphatic hydroxyl groups excluding tert-OH is 1. The standard InChI is InChI=1S/C26H26NO.C13H24O2.Ir/c1-14(2)16-9-10-18-21-22-19(26(5,6)20-8-7-13-27-23(18)20)12-11-17(15(3)4)25(22)28-24(16)21;1-5-10(6-2)12(14)9-13(15)11(7-3)8-4;/h7-9,11-15H,1-6H3;9-11,14H,5-8H2,1-4H3;/q-1;;/b;12-9-;. The number of aliphatic hydroxyl groups is 1. The minimum absolute atomic E-state index is 0. The van der Waals surface area contributed by atoms with Gasteiger partial charge in [-0.15, -0.1) is 17.7 Å². The van der Waals surface area contributed by atoms with Crippen molar-refractivity contribution < 1.29 is 34.4 Å². The average Bonchev–Trinajstić information content (AvgIpc) is 3.34. The summed E-state index contributed by atoms with van der Waals surface area (Å²) in [7, 11) is 0. The molecule has 2 aromatic heterocycles. The van der Waals surface area contributed by atoms with Crippen LogP contribution in [0.15, 0.2) is 52.8 Å². The smallest absolute Gasteiger partial charge is 0.162 e. The third-order valence-electron chi connectivity index (χ3n) is 9.47. The Balaban J connectivity index is 0.000000286. The van der Waals surface area contributed by atoms with Crippen LogP contribution < -0.4 is 0 Å². The number of benzene rings is 2. The Bertz CT molecular complexity index is 1630. The number of hydrogen-bond acceptors (Lipinski definition) is 4. The predicted molar refractivity (Wildman–Crippen MR) is 180 cm³/mol. The second-order valence-corrected chi connectivity index (χ2v) is 13.2. The van der Waals surface area contributed by atoms with Crippen LogP contribution in [0, 0.1) is 17.9 Å². The molecule has 1 aliphatic rings. The van der Waals surface area contributed by atoms with E-state index in [2.05, 4.69) is 71.9 Å². The minimum Gasteiger partial charge on any atom is -0.512 e. The van der Waals surface area contributed by atoms with Crippen molar-refractivity contribution >= 4 is 27.7 Å². The Labute approximate surface area is 278 Å². The normalized spacial score (nSPS) is 13.8. The van der Waals surface area contributed by atoms with Gasteiger partial charge < -0.3 is 14.5 Å². The van der Waals surface area contributed by atoms with Crippen LogP contribution in [-0.4, -0.2) is 15.9 Å². The van der Waals surface area contributed by atoms with Gasteiger partial charge in [0.05, 0.1) is 11.3 Å². The molecular weight excluding hydrogens is 723 g/mol. The molecule has 0 amide bonds. The van der Waals surface area contributed by atoms with E-state index in [1.807, 2.05) is 40.0 Å². The van der Waals surface area contributed by atoms with Gasteiger partial charge in [-0.2, -0.15) is 0 Å². The van der Waals surface area contributed by atoms with Gasteiger partial charge >= 0.3 is 0 Å². The van der Waals surface area contributed by atoms with Gasteiger partial charge in [0, 0.05) is 49.6 Å². The molecule has 1 N–H and O–H groups in total. The van der Waals surface area contributed by atoms with E-state index in [1.54, 1.807) is 0 Å². The quantitative estimate of drug-likeness (QED) is 0.105. The number of carbonyl (C=O) groups is 1. The molecule has 1 aliphatic carbocycles. The Morgan fingerprint density at radius 1 is 0.886 bits per heavy atom. The van der Waals surface area contributed by atoms with Gasteiger partial charge in [0.25, 0.3) is 0 Å². The summed E-state index contributed by atoms with van der Waals surface area (Å²) in [6.07, 6.45) is 6.79. The first kappa shape index (κ1) is 35.7. The summed E-state index contributed by atoms with van der Waals surface area (Å²) < 4.78 is 6.66. The topological polar surface area (TPSA) is 63.3 Å². The number of rotatable bonds is 9. The van der Waals surface area contributed by atoms with E-state index in [1.165, 1.54) is 39.1 Å². The molecule has 0 saturated heterocycles. The van der Waals surface area contributed by atoms with E-state index < -0.39 is 0 Å². The van der Waals surface area contributed by atoms with E-state index in [0.717, 1.165) is 48.1 Å². The van der Waals surface area contributed by atoms with Gasteiger partial charge in [-0.3, -0.25) is 4.79 Å². The molecule has 5 rings (SSSR count). The van der Waals surface area contributed by atoms with E-state index in [4.69, 9.17) is 9.40 Å². The molecule has 239 valence electrons. The largest absolute Gasteiger partial charge is 0.512 e. The average molecular weight is 773 g/mol. The molecule has 0 bridgehead atoms. The summed E-state index contributed by atoms with van der Waals surface area (Å²) in [6, 6.07) is 14.5. The fraction of sp³-hybridized carbons (Fsp3) is 0.487. The number of ketones is 1. The van der Waals surface area contributed by atoms with Crippen LogP contribution in [0.1, 0.15) is 129 Å². The number of fused-ring (bicyclic) bond motifs is 2. The second kappa shape index (κ2) is 14.6. The molecule has 4 aromatic rings. The number of aromatic nitrogens is 1. The molecule has 0 fully saturated rings.